The SMILES string of the molecule is CCCCC(c1cccc2[nH]c(=O)c(C3CCCC(N)C3)cc12)N1C(C)CCCC1C. The average molecular weight is 424 g/mol. The van der Waals surface area contributed by atoms with Crippen molar-refractivity contribution in [3.05, 3.63) is 45.7 Å². The predicted molar refractivity (Wildman–Crippen MR) is 131 cm³/mol. The molecule has 31 heavy (non-hydrogen) atoms. The molecule has 0 spiro atoms. The number of H-pyrrole nitrogens is 1. The molecular formula is C27H41N3O. The molecule has 1 saturated carbocycles. The molecule has 2 fully saturated rings. The monoisotopic (exact) mass is 423 g/mol. The Morgan fingerprint density at radius 1 is 1.13 bits per heavy atom. The van der Waals surface area contributed by atoms with Gasteiger partial charge in [0.25, 0.3) is 5.56 Å². The lowest BCUT2D eigenvalue weighted by Crippen LogP contribution is -2.46. The molecule has 1 aliphatic carbocycles. The van der Waals surface area contributed by atoms with Crippen LogP contribution in [0.3, 0.4) is 0 Å². The molecule has 0 bridgehead atoms. The van der Waals surface area contributed by atoms with Crippen molar-refractivity contribution in [1.82, 2.24) is 9.88 Å². The second-order valence-corrected chi connectivity index (χ2v) is 10.2. The lowest BCUT2D eigenvalue weighted by atomic mass is 9.81. The van der Waals surface area contributed by atoms with Crippen LogP contribution in [0.1, 0.15) is 108 Å². The summed E-state index contributed by atoms with van der Waals surface area (Å²) in [5.41, 5.74) is 9.66. The van der Waals surface area contributed by atoms with E-state index in [0.717, 1.165) is 36.8 Å². The maximum Gasteiger partial charge on any atom is 0.251 e. The largest absolute Gasteiger partial charge is 0.328 e. The Hall–Kier alpha value is -1.65. The number of likely N-dealkylation sites (tertiary alicyclic amines) is 1. The number of fused-ring (bicyclic) bond motifs is 1. The van der Waals surface area contributed by atoms with Crippen LogP contribution < -0.4 is 11.3 Å². The van der Waals surface area contributed by atoms with Crippen LogP contribution in [0.15, 0.2) is 29.1 Å². The van der Waals surface area contributed by atoms with Gasteiger partial charge in [0, 0.05) is 40.6 Å². The van der Waals surface area contributed by atoms with E-state index in [1.807, 2.05) is 0 Å². The first-order valence-electron chi connectivity index (χ1n) is 12.7. The Morgan fingerprint density at radius 2 is 1.87 bits per heavy atom. The van der Waals surface area contributed by atoms with Crippen LogP contribution in [0.25, 0.3) is 10.9 Å². The topological polar surface area (TPSA) is 62.1 Å². The van der Waals surface area contributed by atoms with Gasteiger partial charge in [0.15, 0.2) is 0 Å². The minimum Gasteiger partial charge on any atom is -0.328 e. The first kappa shape index (κ1) is 22.5. The van der Waals surface area contributed by atoms with Crippen LogP contribution in [-0.4, -0.2) is 28.0 Å². The van der Waals surface area contributed by atoms with Crippen molar-refractivity contribution < 1.29 is 0 Å². The third-order valence-electron chi connectivity index (χ3n) is 7.92. The van der Waals surface area contributed by atoms with E-state index in [0.29, 0.717) is 18.1 Å². The number of pyridine rings is 1. The highest BCUT2D eigenvalue weighted by Gasteiger charge is 2.33. The molecule has 1 saturated heterocycles. The molecule has 0 radical (unpaired) electrons. The van der Waals surface area contributed by atoms with Crippen molar-refractivity contribution in [3.63, 3.8) is 0 Å². The van der Waals surface area contributed by atoms with E-state index in [9.17, 15) is 4.79 Å². The molecule has 1 aromatic heterocycles. The molecule has 0 amide bonds. The number of piperidine rings is 1. The van der Waals surface area contributed by atoms with Gasteiger partial charge in [-0.25, -0.2) is 0 Å². The summed E-state index contributed by atoms with van der Waals surface area (Å²) in [6, 6.07) is 10.5. The normalized spacial score (nSPS) is 28.6. The smallest absolute Gasteiger partial charge is 0.251 e. The number of aromatic nitrogens is 1. The third-order valence-corrected chi connectivity index (χ3v) is 7.92. The highest BCUT2D eigenvalue weighted by molar-refractivity contribution is 5.83. The van der Waals surface area contributed by atoms with Crippen molar-refractivity contribution in [2.45, 2.75) is 115 Å². The van der Waals surface area contributed by atoms with Gasteiger partial charge in [0.2, 0.25) is 0 Å². The lowest BCUT2D eigenvalue weighted by molar-refractivity contribution is 0.0496. The number of hydrogen-bond acceptors (Lipinski definition) is 3. The minimum atomic E-state index is 0.0774. The highest BCUT2D eigenvalue weighted by Crippen LogP contribution is 2.39. The summed E-state index contributed by atoms with van der Waals surface area (Å²) in [7, 11) is 0. The Labute approximate surface area is 187 Å². The number of nitrogens with two attached hydrogens (primary N) is 1. The Bertz CT molecular complexity index is 926. The van der Waals surface area contributed by atoms with Crippen molar-refractivity contribution in [1.29, 1.82) is 0 Å². The van der Waals surface area contributed by atoms with Gasteiger partial charge in [-0.3, -0.25) is 9.69 Å². The number of benzene rings is 1. The summed E-state index contributed by atoms with van der Waals surface area (Å²) in [6.45, 7) is 7.08. The lowest BCUT2D eigenvalue weighted by Gasteiger charge is -2.45. The van der Waals surface area contributed by atoms with E-state index < -0.39 is 0 Å². The molecule has 170 valence electrons. The van der Waals surface area contributed by atoms with Crippen molar-refractivity contribution in [2.75, 3.05) is 0 Å². The summed E-state index contributed by atoms with van der Waals surface area (Å²) in [5, 5.41) is 1.24. The summed E-state index contributed by atoms with van der Waals surface area (Å²) in [5.74, 6) is 0.284. The third kappa shape index (κ3) is 4.75. The van der Waals surface area contributed by atoms with Gasteiger partial charge in [-0.15, -0.1) is 0 Å². The number of nitrogens with one attached hydrogen (secondary N) is 1. The fraction of sp³-hybridized carbons (Fsp3) is 0.667. The van der Waals surface area contributed by atoms with Gasteiger partial charge in [-0.2, -0.15) is 0 Å². The van der Waals surface area contributed by atoms with Crippen LogP contribution >= 0.6 is 0 Å². The summed E-state index contributed by atoms with van der Waals surface area (Å²) < 4.78 is 0. The second-order valence-electron chi connectivity index (χ2n) is 10.2. The summed E-state index contributed by atoms with van der Waals surface area (Å²) in [4.78, 5) is 19.0. The molecule has 1 aliphatic heterocycles. The first-order chi connectivity index (χ1) is 15.0. The van der Waals surface area contributed by atoms with Gasteiger partial charge in [-0.05, 0) is 76.0 Å². The maximum atomic E-state index is 13.0. The summed E-state index contributed by atoms with van der Waals surface area (Å²) in [6.07, 6.45) is 11.7. The van der Waals surface area contributed by atoms with E-state index in [1.165, 1.54) is 49.5 Å². The molecule has 2 aromatic rings. The van der Waals surface area contributed by atoms with E-state index >= 15 is 0 Å². The molecule has 4 heteroatoms. The maximum absolute atomic E-state index is 13.0. The van der Waals surface area contributed by atoms with Crippen LogP contribution in [0.2, 0.25) is 0 Å². The molecular weight excluding hydrogens is 382 g/mol. The first-order valence-corrected chi connectivity index (χ1v) is 12.7. The van der Waals surface area contributed by atoms with Gasteiger partial charge >= 0.3 is 0 Å². The number of nitrogens with zero attached hydrogens (tertiary/aromatic N) is 1. The minimum absolute atomic E-state index is 0.0774. The van der Waals surface area contributed by atoms with E-state index in [1.54, 1.807) is 0 Å². The van der Waals surface area contributed by atoms with Crippen molar-refractivity contribution in [2.24, 2.45) is 5.73 Å². The Morgan fingerprint density at radius 3 is 2.58 bits per heavy atom. The zero-order chi connectivity index (χ0) is 22.0. The summed E-state index contributed by atoms with van der Waals surface area (Å²) >= 11 is 0. The van der Waals surface area contributed by atoms with Crippen LogP contribution in [0, 0.1) is 0 Å². The molecule has 3 N–H and O–H groups in total. The molecule has 5 unspecified atom stereocenters. The Kier molecular flexibility index (Phi) is 7.18. The quantitative estimate of drug-likeness (QED) is 0.598. The van der Waals surface area contributed by atoms with Crippen LogP contribution in [-0.2, 0) is 0 Å². The number of unbranched alkanes of at least 4 members (excludes halogenated alkanes) is 1. The second kappa shape index (κ2) is 9.87. The van der Waals surface area contributed by atoms with Gasteiger partial charge < -0.3 is 10.7 Å². The Balaban J connectivity index is 1.80. The molecule has 4 rings (SSSR count). The van der Waals surface area contributed by atoms with Crippen LogP contribution in [0.4, 0.5) is 0 Å². The van der Waals surface area contributed by atoms with E-state index in [2.05, 4.69) is 54.9 Å². The van der Waals surface area contributed by atoms with Gasteiger partial charge in [0.05, 0.1) is 0 Å². The standard InChI is InChI=1S/C27H41N3O/c1-4-5-15-26(30-18(2)9-6-10-19(30)3)22-13-8-14-25-24(22)17-23(27(31)29-25)20-11-7-12-21(28)16-20/h8,13-14,17-21,26H,4-7,9-12,15-16,28H2,1-3H3,(H,29,31). The van der Waals surface area contributed by atoms with Crippen molar-refractivity contribution in [3.8, 4) is 0 Å². The molecule has 2 heterocycles. The zero-order valence-corrected chi connectivity index (χ0v) is 19.7. The van der Waals surface area contributed by atoms with Crippen LogP contribution in [0.5, 0.6) is 0 Å². The fourth-order valence-corrected chi connectivity index (χ4v) is 6.29. The van der Waals surface area contributed by atoms with Gasteiger partial charge in [0.1, 0.15) is 0 Å². The fourth-order valence-electron chi connectivity index (χ4n) is 6.29. The van der Waals surface area contributed by atoms with E-state index in [4.69, 9.17) is 5.73 Å². The van der Waals surface area contributed by atoms with Gasteiger partial charge in [-0.1, -0.05) is 44.7 Å². The number of aromatic amines is 1. The van der Waals surface area contributed by atoms with Crippen molar-refractivity contribution >= 4 is 10.9 Å². The molecule has 5 atom stereocenters. The highest BCUT2D eigenvalue weighted by atomic mass is 16.1. The predicted octanol–water partition coefficient (Wildman–Crippen LogP) is 6.01. The molecule has 1 aromatic carbocycles. The number of rotatable bonds is 6. The zero-order valence-electron chi connectivity index (χ0n) is 19.7. The molecule has 4 nitrogen and oxygen atoms in total. The average Bonchev–Trinajstić information content (AvgIpc) is 2.75. The number of hydrogen-bond donors (Lipinski definition) is 2. The van der Waals surface area contributed by atoms with E-state index in [-0.39, 0.29) is 17.5 Å². The molecule has 2 aliphatic rings.